The smallest absolute Gasteiger partial charge is 0.323 e. The number of benzene rings is 2. The van der Waals surface area contributed by atoms with Gasteiger partial charge in [0, 0.05) is 25.0 Å². The maximum Gasteiger partial charge on any atom is 0.323 e. The molecule has 0 unspecified atom stereocenters. The number of carbonyl (C=O) groups is 3. The first-order valence-electron chi connectivity index (χ1n) is 12.4. The van der Waals surface area contributed by atoms with Gasteiger partial charge in [-0.2, -0.15) is 5.26 Å². The molecule has 2 heterocycles. The number of hydrogen-bond donors (Lipinski definition) is 3. The third-order valence-electron chi connectivity index (χ3n) is 6.53. The number of nitrogens with zero attached hydrogens (tertiary/aromatic N) is 2. The van der Waals surface area contributed by atoms with E-state index in [1.165, 1.54) is 0 Å². The van der Waals surface area contributed by atoms with Crippen molar-refractivity contribution in [2.24, 2.45) is 0 Å². The fourth-order valence-corrected chi connectivity index (χ4v) is 4.57. The number of rotatable bonds is 6. The number of ether oxygens (including phenoxy) is 2. The highest BCUT2D eigenvalue weighted by Gasteiger charge is 2.39. The van der Waals surface area contributed by atoms with Crippen LogP contribution in [0, 0.1) is 11.3 Å². The molecular weight excluding hydrogens is 474 g/mol. The minimum absolute atomic E-state index is 0.0323. The monoisotopic (exact) mass is 505 g/mol. The molecule has 37 heavy (non-hydrogen) atoms. The van der Waals surface area contributed by atoms with Crippen LogP contribution in [0.1, 0.15) is 48.5 Å². The third-order valence-corrected chi connectivity index (χ3v) is 6.53. The minimum atomic E-state index is -0.480. The van der Waals surface area contributed by atoms with Gasteiger partial charge in [0.2, 0.25) is 5.91 Å². The first kappa shape index (κ1) is 26.0. The van der Waals surface area contributed by atoms with E-state index in [9.17, 15) is 14.4 Å². The quantitative estimate of drug-likeness (QED) is 0.550. The molecule has 3 atom stereocenters. The topological polar surface area (TPSA) is 133 Å². The Balaban J connectivity index is 1.42. The van der Waals surface area contributed by atoms with Crippen molar-refractivity contribution in [1.29, 1.82) is 5.26 Å². The maximum atomic E-state index is 13.4. The van der Waals surface area contributed by atoms with Crippen LogP contribution in [0.2, 0.25) is 0 Å². The second-order valence-corrected chi connectivity index (χ2v) is 9.20. The molecule has 2 aromatic carbocycles. The summed E-state index contributed by atoms with van der Waals surface area (Å²) in [6.07, 6.45) is 1.96. The lowest BCUT2D eigenvalue weighted by Crippen LogP contribution is -2.54. The molecule has 194 valence electrons. The molecule has 1 saturated heterocycles. The number of carbonyl (C=O) groups excluding carboxylic acids is 3. The first-order chi connectivity index (χ1) is 17.9. The van der Waals surface area contributed by atoms with Crippen LogP contribution in [0.4, 0.5) is 16.2 Å². The van der Waals surface area contributed by atoms with Crippen LogP contribution in [0.5, 0.6) is 5.75 Å². The number of likely N-dealkylation sites (N-methyl/N-ethyl adjacent to an activating group) is 1. The Morgan fingerprint density at radius 2 is 1.84 bits per heavy atom. The van der Waals surface area contributed by atoms with Crippen LogP contribution in [0.25, 0.3) is 0 Å². The number of amides is 4. The largest absolute Gasteiger partial charge is 0.490 e. The van der Waals surface area contributed by atoms with E-state index in [0.29, 0.717) is 47.6 Å². The SMILES string of the molecule is CCCNC(=O)C[C@H]1CC[C@H]2[C@@H](COc3ccc(NC(=O)Nc4ccc(C#N)cc4)cc3C(=O)N2C)O1. The molecule has 0 saturated carbocycles. The summed E-state index contributed by atoms with van der Waals surface area (Å²) in [5.74, 6) is 0.137. The molecule has 0 bridgehead atoms. The highest BCUT2D eigenvalue weighted by Crippen LogP contribution is 2.32. The summed E-state index contributed by atoms with van der Waals surface area (Å²) in [5.41, 5.74) is 1.81. The number of hydrogen-bond acceptors (Lipinski definition) is 6. The maximum absolute atomic E-state index is 13.4. The van der Waals surface area contributed by atoms with Crippen molar-refractivity contribution in [3.8, 4) is 11.8 Å². The molecule has 10 nitrogen and oxygen atoms in total. The lowest BCUT2D eigenvalue weighted by atomic mass is 9.94. The zero-order valence-electron chi connectivity index (χ0n) is 21.0. The van der Waals surface area contributed by atoms with Gasteiger partial charge >= 0.3 is 6.03 Å². The van der Waals surface area contributed by atoms with Crippen LogP contribution >= 0.6 is 0 Å². The molecule has 0 aliphatic carbocycles. The zero-order chi connectivity index (χ0) is 26.4. The van der Waals surface area contributed by atoms with Crippen molar-refractivity contribution < 1.29 is 23.9 Å². The van der Waals surface area contributed by atoms with Gasteiger partial charge in [-0.25, -0.2) is 4.79 Å². The van der Waals surface area contributed by atoms with Crippen molar-refractivity contribution in [2.45, 2.75) is 50.9 Å². The van der Waals surface area contributed by atoms with Gasteiger partial charge in [0.1, 0.15) is 18.5 Å². The van der Waals surface area contributed by atoms with E-state index >= 15 is 0 Å². The second-order valence-electron chi connectivity index (χ2n) is 9.20. The Kier molecular flexibility index (Phi) is 8.25. The van der Waals surface area contributed by atoms with Gasteiger partial charge in [-0.1, -0.05) is 6.92 Å². The highest BCUT2D eigenvalue weighted by atomic mass is 16.5. The van der Waals surface area contributed by atoms with Gasteiger partial charge in [-0.15, -0.1) is 0 Å². The Morgan fingerprint density at radius 3 is 2.57 bits per heavy atom. The summed E-state index contributed by atoms with van der Waals surface area (Å²) in [6.45, 7) is 2.89. The average molecular weight is 506 g/mol. The molecular formula is C27H31N5O5. The number of fused-ring (bicyclic) bond motifs is 2. The molecule has 4 amide bonds. The molecule has 2 aromatic rings. The average Bonchev–Trinajstić information content (AvgIpc) is 2.90. The van der Waals surface area contributed by atoms with Gasteiger partial charge in [0.25, 0.3) is 5.91 Å². The Hall–Kier alpha value is -4.10. The van der Waals surface area contributed by atoms with Crippen LogP contribution in [0.3, 0.4) is 0 Å². The molecule has 1 fully saturated rings. The molecule has 10 heteroatoms. The molecule has 2 aliphatic heterocycles. The zero-order valence-corrected chi connectivity index (χ0v) is 21.0. The van der Waals surface area contributed by atoms with Gasteiger partial charge < -0.3 is 30.3 Å². The van der Waals surface area contributed by atoms with Gasteiger partial charge in [-0.05, 0) is 61.7 Å². The van der Waals surface area contributed by atoms with Crippen LogP contribution in [-0.2, 0) is 9.53 Å². The fraction of sp³-hybridized carbons (Fsp3) is 0.407. The minimum Gasteiger partial charge on any atom is -0.490 e. The molecule has 3 N–H and O–H groups in total. The van der Waals surface area contributed by atoms with Crippen molar-refractivity contribution in [3.63, 3.8) is 0 Å². The number of urea groups is 1. The molecule has 0 spiro atoms. The van der Waals surface area contributed by atoms with Crippen LogP contribution in [-0.4, -0.2) is 61.2 Å². The molecule has 0 radical (unpaired) electrons. The Bertz CT molecular complexity index is 1190. The van der Waals surface area contributed by atoms with Crippen molar-refractivity contribution in [3.05, 3.63) is 53.6 Å². The third kappa shape index (κ3) is 6.37. The van der Waals surface area contributed by atoms with Gasteiger partial charge in [0.15, 0.2) is 0 Å². The lowest BCUT2D eigenvalue weighted by Gasteiger charge is -2.42. The summed E-state index contributed by atoms with van der Waals surface area (Å²) >= 11 is 0. The van der Waals surface area contributed by atoms with Crippen molar-refractivity contribution in [1.82, 2.24) is 10.2 Å². The summed E-state index contributed by atoms with van der Waals surface area (Å²) in [4.78, 5) is 39.7. The van der Waals surface area contributed by atoms with E-state index in [1.807, 2.05) is 13.0 Å². The van der Waals surface area contributed by atoms with E-state index in [-0.39, 0.29) is 43.1 Å². The second kappa shape index (κ2) is 11.8. The van der Waals surface area contributed by atoms with Crippen LogP contribution in [0.15, 0.2) is 42.5 Å². The van der Waals surface area contributed by atoms with Crippen molar-refractivity contribution >= 4 is 29.2 Å². The number of nitriles is 1. The highest BCUT2D eigenvalue weighted by molar-refractivity contribution is 6.02. The normalized spacial score (nSPS) is 20.7. The molecule has 0 aromatic heterocycles. The summed E-state index contributed by atoms with van der Waals surface area (Å²) in [7, 11) is 1.74. The predicted octanol–water partition coefficient (Wildman–Crippen LogP) is 3.50. The summed E-state index contributed by atoms with van der Waals surface area (Å²) in [6, 6.07) is 12.8. The van der Waals surface area contributed by atoms with E-state index in [4.69, 9.17) is 14.7 Å². The first-order valence-corrected chi connectivity index (χ1v) is 12.4. The molecule has 4 rings (SSSR count). The van der Waals surface area contributed by atoms with Crippen molar-refractivity contribution in [2.75, 3.05) is 30.8 Å². The standard InChI is InChI=1S/C27H31N5O5/c1-3-12-29-25(33)14-20-9-10-22-24(37-20)16-36-23-11-8-19(13-21(23)26(34)32(22)2)31-27(35)30-18-6-4-17(15-28)5-7-18/h4-8,11,13,20,22,24H,3,9-10,12,14,16H2,1-2H3,(H,29,33)(H2,30,31,35)/t20-,22+,24-/m1/s1. The number of nitrogens with one attached hydrogen (secondary N) is 3. The molecule has 2 aliphatic rings. The van der Waals surface area contributed by atoms with Crippen LogP contribution < -0.4 is 20.7 Å². The summed E-state index contributed by atoms with van der Waals surface area (Å²) < 4.78 is 12.2. The van der Waals surface area contributed by atoms with Gasteiger partial charge in [-0.3, -0.25) is 9.59 Å². The van der Waals surface area contributed by atoms with E-state index in [0.717, 1.165) is 6.42 Å². The predicted molar refractivity (Wildman–Crippen MR) is 137 cm³/mol. The number of anilines is 2. The Morgan fingerprint density at radius 1 is 1.11 bits per heavy atom. The van der Waals surface area contributed by atoms with E-state index in [2.05, 4.69) is 16.0 Å². The fourth-order valence-electron chi connectivity index (χ4n) is 4.57. The Labute approximate surface area is 215 Å². The van der Waals surface area contributed by atoms with E-state index in [1.54, 1.807) is 54.4 Å². The van der Waals surface area contributed by atoms with Gasteiger partial charge in [0.05, 0.1) is 35.8 Å². The lowest BCUT2D eigenvalue weighted by molar-refractivity contribution is -0.134. The summed E-state index contributed by atoms with van der Waals surface area (Å²) in [5, 5.41) is 17.2. The van der Waals surface area contributed by atoms with E-state index < -0.39 is 6.03 Å².